The van der Waals surface area contributed by atoms with E-state index in [-0.39, 0.29) is 23.0 Å². The number of ketones is 1. The zero-order chi connectivity index (χ0) is 23.0. The normalized spacial score (nSPS) is 9.81. The van der Waals surface area contributed by atoms with Crippen LogP contribution in [0.2, 0.25) is 0 Å². The van der Waals surface area contributed by atoms with Crippen molar-refractivity contribution in [2.24, 2.45) is 0 Å². The minimum absolute atomic E-state index is 0.0106. The third kappa shape index (κ3) is 7.08. The molecule has 31 heavy (non-hydrogen) atoms. The van der Waals surface area contributed by atoms with E-state index in [9.17, 15) is 19.2 Å². The first-order chi connectivity index (χ1) is 14.7. The molecule has 0 aliphatic carbocycles. The Morgan fingerprint density at radius 2 is 1.19 bits per heavy atom. The summed E-state index contributed by atoms with van der Waals surface area (Å²) < 4.78 is 14.5. The number of Topliss-reactive ketones (excluding diaryl/α,β-unsaturated/α-hetero) is 1. The summed E-state index contributed by atoms with van der Waals surface area (Å²) in [6.07, 6.45) is 0. The highest BCUT2D eigenvalue weighted by atomic mass is 16.6. The Morgan fingerprint density at radius 1 is 0.613 bits per heavy atom. The van der Waals surface area contributed by atoms with Crippen LogP contribution in [0, 0.1) is 0 Å². The number of esters is 3. The Bertz CT molecular complexity index is 1130. The maximum absolute atomic E-state index is 11.3. The highest BCUT2D eigenvalue weighted by Gasteiger charge is 2.12. The van der Waals surface area contributed by atoms with Crippen LogP contribution in [0.15, 0.2) is 60.7 Å². The second kappa shape index (κ2) is 10.7. The SMILES string of the molecule is CC(=O)Oc1ccc(OC(C)=O)c(OC(C)=O)c1.CC(=O)c1cccc2ccccc12. The molecule has 0 bridgehead atoms. The average molecular weight is 422 g/mol. The van der Waals surface area contributed by atoms with Gasteiger partial charge in [-0.1, -0.05) is 42.5 Å². The average Bonchev–Trinajstić information content (AvgIpc) is 2.69. The second-order valence-electron chi connectivity index (χ2n) is 6.47. The van der Waals surface area contributed by atoms with Gasteiger partial charge >= 0.3 is 17.9 Å². The summed E-state index contributed by atoms with van der Waals surface area (Å²) >= 11 is 0. The van der Waals surface area contributed by atoms with E-state index >= 15 is 0 Å². The molecule has 7 nitrogen and oxygen atoms in total. The molecular weight excluding hydrogens is 400 g/mol. The van der Waals surface area contributed by atoms with E-state index in [2.05, 4.69) is 0 Å². The molecule has 3 rings (SSSR count). The molecule has 0 amide bonds. The molecule has 160 valence electrons. The van der Waals surface area contributed by atoms with Gasteiger partial charge in [0.15, 0.2) is 17.3 Å². The zero-order valence-corrected chi connectivity index (χ0v) is 17.6. The van der Waals surface area contributed by atoms with Crippen molar-refractivity contribution in [3.63, 3.8) is 0 Å². The predicted octanol–water partition coefficient (Wildman–Crippen LogP) is 4.50. The number of ether oxygens (including phenoxy) is 3. The molecule has 0 aliphatic heterocycles. The first-order valence-electron chi connectivity index (χ1n) is 9.35. The smallest absolute Gasteiger partial charge is 0.308 e. The molecule has 0 radical (unpaired) electrons. The number of hydrogen-bond acceptors (Lipinski definition) is 7. The molecular formula is C24H22O7. The Morgan fingerprint density at radius 3 is 1.81 bits per heavy atom. The maximum atomic E-state index is 11.3. The van der Waals surface area contributed by atoms with Gasteiger partial charge in [0.25, 0.3) is 0 Å². The number of fused-ring (bicyclic) bond motifs is 1. The maximum Gasteiger partial charge on any atom is 0.308 e. The number of hydrogen-bond donors (Lipinski definition) is 0. The molecule has 3 aromatic rings. The lowest BCUT2D eigenvalue weighted by atomic mass is 10.0. The van der Waals surface area contributed by atoms with Crippen molar-refractivity contribution < 1.29 is 33.4 Å². The Kier molecular flexibility index (Phi) is 8.02. The van der Waals surface area contributed by atoms with Crippen LogP contribution in [0.3, 0.4) is 0 Å². The minimum Gasteiger partial charge on any atom is -0.427 e. The van der Waals surface area contributed by atoms with E-state index in [1.807, 2.05) is 42.5 Å². The molecule has 0 atom stereocenters. The van der Waals surface area contributed by atoms with Crippen LogP contribution in [0.25, 0.3) is 10.8 Å². The third-order valence-electron chi connectivity index (χ3n) is 3.85. The van der Waals surface area contributed by atoms with Crippen LogP contribution in [-0.2, 0) is 14.4 Å². The van der Waals surface area contributed by atoms with E-state index in [0.717, 1.165) is 16.3 Å². The van der Waals surface area contributed by atoms with Crippen molar-refractivity contribution >= 4 is 34.5 Å². The fourth-order valence-corrected chi connectivity index (χ4v) is 2.72. The van der Waals surface area contributed by atoms with Gasteiger partial charge in [-0.3, -0.25) is 19.2 Å². The van der Waals surface area contributed by atoms with Gasteiger partial charge in [-0.25, -0.2) is 0 Å². The molecule has 0 aromatic heterocycles. The van der Waals surface area contributed by atoms with Gasteiger partial charge in [-0.05, 0) is 29.8 Å². The molecule has 0 heterocycles. The van der Waals surface area contributed by atoms with Gasteiger partial charge in [0.1, 0.15) is 5.75 Å². The molecule has 3 aromatic carbocycles. The number of carbonyl (C=O) groups is 4. The van der Waals surface area contributed by atoms with E-state index in [1.54, 1.807) is 6.92 Å². The molecule has 0 saturated heterocycles. The molecule has 7 heteroatoms. The highest BCUT2D eigenvalue weighted by molar-refractivity contribution is 6.06. The van der Waals surface area contributed by atoms with Crippen LogP contribution in [0.1, 0.15) is 38.1 Å². The molecule has 0 saturated carbocycles. The lowest BCUT2D eigenvalue weighted by Crippen LogP contribution is -2.08. The fourth-order valence-electron chi connectivity index (χ4n) is 2.72. The lowest BCUT2D eigenvalue weighted by Gasteiger charge is -2.10. The summed E-state index contributed by atoms with van der Waals surface area (Å²) in [6.45, 7) is 5.26. The van der Waals surface area contributed by atoms with Crippen molar-refractivity contribution in [2.45, 2.75) is 27.7 Å². The van der Waals surface area contributed by atoms with Crippen LogP contribution in [-0.4, -0.2) is 23.7 Å². The summed E-state index contributed by atoms with van der Waals surface area (Å²) in [5, 5.41) is 2.16. The third-order valence-corrected chi connectivity index (χ3v) is 3.85. The van der Waals surface area contributed by atoms with Crippen molar-refractivity contribution in [3.8, 4) is 17.2 Å². The molecule has 0 fully saturated rings. The summed E-state index contributed by atoms with van der Waals surface area (Å²) in [4.78, 5) is 43.8. The van der Waals surface area contributed by atoms with E-state index in [4.69, 9.17) is 14.2 Å². The van der Waals surface area contributed by atoms with Gasteiger partial charge in [0.2, 0.25) is 0 Å². The van der Waals surface area contributed by atoms with Crippen molar-refractivity contribution in [3.05, 3.63) is 66.2 Å². The molecule has 0 unspecified atom stereocenters. The lowest BCUT2D eigenvalue weighted by molar-refractivity contribution is -0.134. The Balaban J connectivity index is 0.000000231. The number of rotatable bonds is 4. The second-order valence-corrected chi connectivity index (χ2v) is 6.47. The van der Waals surface area contributed by atoms with Crippen LogP contribution >= 0.6 is 0 Å². The fraction of sp³-hybridized carbons (Fsp3) is 0.167. The van der Waals surface area contributed by atoms with Crippen LogP contribution in [0.4, 0.5) is 0 Å². The van der Waals surface area contributed by atoms with Gasteiger partial charge < -0.3 is 14.2 Å². The Labute approximate surface area is 179 Å². The Hall–Kier alpha value is -4.00. The summed E-state index contributed by atoms with van der Waals surface area (Å²) in [6, 6.07) is 17.8. The molecule has 0 spiro atoms. The van der Waals surface area contributed by atoms with Crippen molar-refractivity contribution in [1.29, 1.82) is 0 Å². The molecule has 0 aliphatic rings. The van der Waals surface area contributed by atoms with Gasteiger partial charge in [-0.15, -0.1) is 0 Å². The number of carbonyl (C=O) groups excluding carboxylic acids is 4. The molecule has 0 N–H and O–H groups in total. The van der Waals surface area contributed by atoms with Crippen molar-refractivity contribution in [1.82, 2.24) is 0 Å². The van der Waals surface area contributed by atoms with Gasteiger partial charge in [0.05, 0.1) is 0 Å². The van der Waals surface area contributed by atoms with Crippen LogP contribution < -0.4 is 14.2 Å². The monoisotopic (exact) mass is 422 g/mol. The summed E-state index contributed by atoms with van der Waals surface area (Å²) in [7, 11) is 0. The highest BCUT2D eigenvalue weighted by Crippen LogP contribution is 2.32. The standard InChI is InChI=1S/C12H12O6.C12H10O/c1-7(13)16-10-4-5-11(17-8(2)14)12(6-10)18-9(3)15;1-9(13)11-8-4-6-10-5-2-3-7-12(10)11/h4-6H,1-3H3;2-8H,1H3. The minimum atomic E-state index is -0.580. The van der Waals surface area contributed by atoms with Crippen molar-refractivity contribution in [2.75, 3.05) is 0 Å². The first kappa shape index (κ1) is 23.3. The topological polar surface area (TPSA) is 96.0 Å². The number of benzene rings is 3. The predicted molar refractivity (Wildman–Crippen MR) is 114 cm³/mol. The largest absolute Gasteiger partial charge is 0.427 e. The summed E-state index contributed by atoms with van der Waals surface area (Å²) in [5.74, 6) is -1.24. The first-order valence-corrected chi connectivity index (χ1v) is 9.35. The van der Waals surface area contributed by atoms with Crippen LogP contribution in [0.5, 0.6) is 17.2 Å². The van der Waals surface area contributed by atoms with Gasteiger partial charge in [-0.2, -0.15) is 0 Å². The van der Waals surface area contributed by atoms with Gasteiger partial charge in [0, 0.05) is 32.4 Å². The quantitative estimate of drug-likeness (QED) is 0.347. The van der Waals surface area contributed by atoms with E-state index in [1.165, 1.54) is 39.0 Å². The van der Waals surface area contributed by atoms with E-state index in [0.29, 0.717) is 0 Å². The summed E-state index contributed by atoms with van der Waals surface area (Å²) in [5.41, 5.74) is 0.804. The van der Waals surface area contributed by atoms with E-state index < -0.39 is 17.9 Å². The zero-order valence-electron chi connectivity index (χ0n) is 17.6.